The van der Waals surface area contributed by atoms with Gasteiger partial charge in [0.1, 0.15) is 6.04 Å². The summed E-state index contributed by atoms with van der Waals surface area (Å²) in [5.41, 5.74) is 1.83. The number of pyridine rings is 1. The molecule has 1 aliphatic rings. The van der Waals surface area contributed by atoms with E-state index in [9.17, 15) is 9.59 Å². The fraction of sp³-hybridized carbons (Fsp3) is 0.318. The molecule has 8 heteroatoms. The first-order valence-corrected chi connectivity index (χ1v) is 10.9. The number of nitrogens with zero attached hydrogens (tertiary/aromatic N) is 4. The molecule has 1 aromatic carbocycles. The van der Waals surface area contributed by atoms with E-state index < -0.39 is 6.04 Å². The molecule has 1 aliphatic carbocycles. The van der Waals surface area contributed by atoms with Crippen molar-refractivity contribution in [2.45, 2.75) is 44.3 Å². The van der Waals surface area contributed by atoms with Gasteiger partial charge in [0.05, 0.1) is 0 Å². The van der Waals surface area contributed by atoms with Crippen molar-refractivity contribution in [3.8, 4) is 0 Å². The van der Waals surface area contributed by atoms with Crippen LogP contribution in [0.15, 0.2) is 60.2 Å². The van der Waals surface area contributed by atoms with Gasteiger partial charge >= 0.3 is 0 Å². The molecule has 1 N–H and O–H groups in total. The Morgan fingerprint density at radius 2 is 1.93 bits per heavy atom. The van der Waals surface area contributed by atoms with Gasteiger partial charge in [0.2, 0.25) is 5.91 Å². The molecule has 0 radical (unpaired) electrons. The van der Waals surface area contributed by atoms with Gasteiger partial charge in [0.25, 0.3) is 5.91 Å². The first-order chi connectivity index (χ1) is 14.7. The molecule has 0 unspecified atom stereocenters. The number of amides is 2. The van der Waals surface area contributed by atoms with Crippen LogP contribution < -0.4 is 5.32 Å². The molecule has 1 fully saturated rings. The smallest absolute Gasteiger partial charge is 0.276 e. The predicted octanol–water partition coefficient (Wildman–Crippen LogP) is 3.38. The third-order valence-electron chi connectivity index (χ3n) is 5.30. The number of nitrogens with one attached hydrogen (secondary N) is 1. The molecule has 0 aliphatic heterocycles. The van der Waals surface area contributed by atoms with Gasteiger partial charge in [-0.15, -0.1) is 5.10 Å². The molecule has 30 heavy (non-hydrogen) atoms. The molecule has 154 valence electrons. The van der Waals surface area contributed by atoms with E-state index in [1.165, 1.54) is 0 Å². The number of hydrogen-bond acceptors (Lipinski definition) is 6. The lowest BCUT2D eigenvalue weighted by molar-refractivity contribution is -0.126. The summed E-state index contributed by atoms with van der Waals surface area (Å²) in [7, 11) is 0. The van der Waals surface area contributed by atoms with E-state index >= 15 is 0 Å². The number of carbonyl (C=O) groups excluding carboxylic acids is 2. The van der Waals surface area contributed by atoms with Crippen molar-refractivity contribution in [2.24, 2.45) is 0 Å². The van der Waals surface area contributed by atoms with Crippen molar-refractivity contribution in [3.05, 3.63) is 77.1 Å². The Hall–Kier alpha value is -3.13. The van der Waals surface area contributed by atoms with Crippen LogP contribution in [0.25, 0.3) is 0 Å². The van der Waals surface area contributed by atoms with Crippen LogP contribution >= 0.6 is 11.5 Å². The predicted molar refractivity (Wildman–Crippen MR) is 114 cm³/mol. The van der Waals surface area contributed by atoms with Crippen molar-refractivity contribution < 1.29 is 9.59 Å². The summed E-state index contributed by atoms with van der Waals surface area (Å²) in [5, 5.41) is 8.70. The minimum atomic E-state index is -0.811. The number of aromatic nitrogens is 3. The maximum absolute atomic E-state index is 13.4. The first-order valence-electron chi connectivity index (χ1n) is 10.0. The fourth-order valence-electron chi connectivity index (χ4n) is 3.83. The molecule has 4 rings (SSSR count). The molecule has 1 saturated carbocycles. The molecule has 3 aromatic rings. The summed E-state index contributed by atoms with van der Waals surface area (Å²) >= 11 is 1.11. The largest absolute Gasteiger partial charge is 0.351 e. The quantitative estimate of drug-likeness (QED) is 0.632. The summed E-state index contributed by atoms with van der Waals surface area (Å²) in [6.07, 6.45) is 7.45. The van der Waals surface area contributed by atoms with Gasteiger partial charge in [-0.2, -0.15) is 0 Å². The van der Waals surface area contributed by atoms with Gasteiger partial charge in [0, 0.05) is 35.9 Å². The maximum Gasteiger partial charge on any atom is 0.276 e. The molecule has 0 bridgehead atoms. The second-order valence-electron chi connectivity index (χ2n) is 7.39. The molecule has 0 saturated heterocycles. The van der Waals surface area contributed by atoms with E-state index in [0.29, 0.717) is 5.56 Å². The van der Waals surface area contributed by atoms with Crippen LogP contribution in [0.1, 0.15) is 53.3 Å². The maximum atomic E-state index is 13.4. The van der Waals surface area contributed by atoms with E-state index in [-0.39, 0.29) is 30.1 Å². The molecular formula is C22H23N5O2S. The van der Waals surface area contributed by atoms with E-state index in [0.717, 1.165) is 42.8 Å². The van der Waals surface area contributed by atoms with Gasteiger partial charge in [-0.1, -0.05) is 53.7 Å². The Morgan fingerprint density at radius 1 is 1.13 bits per heavy atom. The van der Waals surface area contributed by atoms with Crippen molar-refractivity contribution in [1.29, 1.82) is 0 Å². The monoisotopic (exact) mass is 421 g/mol. The summed E-state index contributed by atoms with van der Waals surface area (Å²) in [4.78, 5) is 32.6. The highest BCUT2D eigenvalue weighted by Crippen LogP contribution is 2.27. The van der Waals surface area contributed by atoms with Gasteiger partial charge in [-0.05, 0) is 36.0 Å². The van der Waals surface area contributed by atoms with E-state index in [1.807, 2.05) is 36.4 Å². The lowest BCUT2D eigenvalue weighted by Crippen LogP contribution is -2.46. The topological polar surface area (TPSA) is 88.1 Å². The molecular weight excluding hydrogens is 398 g/mol. The lowest BCUT2D eigenvalue weighted by atomic mass is 10.0. The molecule has 7 nitrogen and oxygen atoms in total. The molecule has 2 heterocycles. The number of benzene rings is 1. The third kappa shape index (κ3) is 4.71. The summed E-state index contributed by atoms with van der Waals surface area (Å²) in [5.74, 6) is -0.523. The second-order valence-corrected chi connectivity index (χ2v) is 8.00. The average Bonchev–Trinajstić information content (AvgIpc) is 3.49. The SMILES string of the molecule is O=C(NC1CCCC1)[C@@H](c1cccnc1)N(Cc1ccccc1)C(=O)c1csnn1. The van der Waals surface area contributed by atoms with Gasteiger partial charge < -0.3 is 10.2 Å². The van der Waals surface area contributed by atoms with E-state index in [4.69, 9.17) is 0 Å². The van der Waals surface area contributed by atoms with Crippen LogP contribution in [0, 0.1) is 0 Å². The number of rotatable bonds is 7. The van der Waals surface area contributed by atoms with Crippen molar-refractivity contribution in [2.75, 3.05) is 0 Å². The minimum Gasteiger partial charge on any atom is -0.351 e. The Balaban J connectivity index is 1.71. The van der Waals surface area contributed by atoms with Crippen molar-refractivity contribution in [1.82, 2.24) is 24.8 Å². The molecule has 2 aromatic heterocycles. The van der Waals surface area contributed by atoms with E-state index in [1.54, 1.807) is 28.7 Å². The van der Waals surface area contributed by atoms with Gasteiger partial charge in [-0.3, -0.25) is 14.6 Å². The first kappa shape index (κ1) is 20.2. The van der Waals surface area contributed by atoms with Crippen LogP contribution in [-0.4, -0.2) is 37.3 Å². The second kappa shape index (κ2) is 9.58. The van der Waals surface area contributed by atoms with Crippen LogP contribution in [0.4, 0.5) is 0 Å². The summed E-state index contributed by atoms with van der Waals surface area (Å²) < 4.78 is 3.82. The molecule has 1 atom stereocenters. The van der Waals surface area contributed by atoms with Crippen LogP contribution in [0.3, 0.4) is 0 Å². The average molecular weight is 422 g/mol. The lowest BCUT2D eigenvalue weighted by Gasteiger charge is -2.31. The number of hydrogen-bond donors (Lipinski definition) is 1. The zero-order chi connectivity index (χ0) is 20.8. The van der Waals surface area contributed by atoms with Crippen molar-refractivity contribution >= 4 is 23.3 Å². The Kier molecular flexibility index (Phi) is 6.44. The highest BCUT2D eigenvalue weighted by Gasteiger charge is 2.34. The highest BCUT2D eigenvalue weighted by atomic mass is 32.1. The highest BCUT2D eigenvalue weighted by molar-refractivity contribution is 7.03. The fourth-order valence-corrected chi connectivity index (χ4v) is 4.26. The minimum absolute atomic E-state index is 0.145. The Morgan fingerprint density at radius 3 is 2.60 bits per heavy atom. The normalized spacial score (nSPS) is 14.9. The van der Waals surface area contributed by atoms with Crippen LogP contribution in [-0.2, 0) is 11.3 Å². The Labute approximate surface area is 179 Å². The van der Waals surface area contributed by atoms with Gasteiger partial charge in [0.15, 0.2) is 5.69 Å². The molecule has 0 spiro atoms. The zero-order valence-corrected chi connectivity index (χ0v) is 17.3. The van der Waals surface area contributed by atoms with Crippen LogP contribution in [0.2, 0.25) is 0 Å². The standard InChI is InChI=1S/C22H23N5O2S/c28-21(24-18-10-4-5-11-18)20(17-9-6-12-23-13-17)27(14-16-7-2-1-3-8-16)22(29)19-15-30-26-25-19/h1-3,6-9,12-13,15,18,20H,4-5,10-11,14H2,(H,24,28)/t20-/m1/s1. The Bertz CT molecular complexity index is 960. The number of carbonyl (C=O) groups is 2. The van der Waals surface area contributed by atoms with Gasteiger partial charge in [-0.25, -0.2) is 0 Å². The third-order valence-corrected chi connectivity index (χ3v) is 5.80. The van der Waals surface area contributed by atoms with Crippen LogP contribution in [0.5, 0.6) is 0 Å². The zero-order valence-electron chi connectivity index (χ0n) is 16.5. The summed E-state index contributed by atoms with van der Waals surface area (Å²) in [6.45, 7) is 0.273. The molecule has 2 amide bonds. The van der Waals surface area contributed by atoms with E-state index in [2.05, 4.69) is 19.9 Å². The summed E-state index contributed by atoms with van der Waals surface area (Å²) in [6, 6.07) is 12.6. The van der Waals surface area contributed by atoms with Crippen molar-refractivity contribution in [3.63, 3.8) is 0 Å².